The number of hydrogen-bond donors (Lipinski definition) is 1. The number of aliphatic hydroxyl groups is 1. The van der Waals surface area contributed by atoms with Gasteiger partial charge in [0.2, 0.25) is 0 Å². The summed E-state index contributed by atoms with van der Waals surface area (Å²) in [6.07, 6.45) is 5.44. The number of hydrogen-bond acceptors (Lipinski definition) is 2. The summed E-state index contributed by atoms with van der Waals surface area (Å²) in [6, 6.07) is 0. The van der Waals surface area contributed by atoms with Crippen LogP contribution in [0.1, 0.15) is 46.5 Å². The number of rotatable bonds is 5. The lowest BCUT2D eigenvalue weighted by Crippen LogP contribution is -2.41. The lowest BCUT2D eigenvalue weighted by molar-refractivity contribution is 0.0802. The summed E-state index contributed by atoms with van der Waals surface area (Å²) >= 11 is 0. The van der Waals surface area contributed by atoms with Crippen LogP contribution in [0.25, 0.3) is 0 Å². The van der Waals surface area contributed by atoms with Crippen molar-refractivity contribution < 1.29 is 5.11 Å². The van der Waals surface area contributed by atoms with Crippen LogP contribution in [0.3, 0.4) is 0 Å². The maximum absolute atomic E-state index is 9.23. The Morgan fingerprint density at radius 2 is 1.87 bits per heavy atom. The van der Waals surface area contributed by atoms with E-state index in [1.807, 2.05) is 0 Å². The lowest BCUT2D eigenvalue weighted by atomic mass is 9.89. The molecule has 0 aromatic heterocycles. The summed E-state index contributed by atoms with van der Waals surface area (Å²) in [5.74, 6) is 0.962. The van der Waals surface area contributed by atoms with Gasteiger partial charge in [0.05, 0.1) is 0 Å². The van der Waals surface area contributed by atoms with Crippen LogP contribution >= 0.6 is 0 Å². The summed E-state index contributed by atoms with van der Waals surface area (Å²) in [5, 5.41) is 9.23. The molecule has 1 heterocycles. The second-order valence-corrected chi connectivity index (χ2v) is 5.83. The van der Waals surface area contributed by atoms with Crippen LogP contribution in [-0.4, -0.2) is 36.2 Å². The molecule has 1 fully saturated rings. The first-order valence-electron chi connectivity index (χ1n) is 6.40. The number of aliphatic hydroxyl groups excluding tert-OH is 1. The molecule has 0 aliphatic carbocycles. The van der Waals surface area contributed by atoms with Gasteiger partial charge in [-0.25, -0.2) is 0 Å². The monoisotopic (exact) mass is 213 g/mol. The van der Waals surface area contributed by atoms with Crippen molar-refractivity contribution in [1.29, 1.82) is 0 Å². The van der Waals surface area contributed by atoms with Crippen molar-refractivity contribution in [2.45, 2.75) is 46.5 Å². The topological polar surface area (TPSA) is 23.5 Å². The second-order valence-electron chi connectivity index (χ2n) is 5.83. The number of likely N-dealkylation sites (tertiary alicyclic amines) is 1. The van der Waals surface area contributed by atoms with E-state index in [4.69, 9.17) is 0 Å². The standard InChI is InChI=1S/C13H27NO/c1-4-5-12-6-8-14(9-7-12)10-13(2,3)11-15/h12,15H,4-11H2,1-3H3. The molecule has 1 rings (SSSR count). The van der Waals surface area contributed by atoms with Crippen LogP contribution < -0.4 is 0 Å². The maximum Gasteiger partial charge on any atom is 0.0494 e. The van der Waals surface area contributed by atoms with Crippen LogP contribution in [0.15, 0.2) is 0 Å². The predicted octanol–water partition coefficient (Wildman–Crippen LogP) is 2.52. The molecule has 0 aromatic rings. The fourth-order valence-electron chi connectivity index (χ4n) is 2.50. The van der Waals surface area contributed by atoms with Crippen molar-refractivity contribution >= 4 is 0 Å². The molecule has 2 heteroatoms. The highest BCUT2D eigenvalue weighted by Gasteiger charge is 2.24. The van der Waals surface area contributed by atoms with Gasteiger partial charge in [0.15, 0.2) is 0 Å². The molecule has 1 saturated heterocycles. The molecular weight excluding hydrogens is 186 g/mol. The molecule has 1 aliphatic rings. The Morgan fingerprint density at radius 1 is 1.27 bits per heavy atom. The average molecular weight is 213 g/mol. The van der Waals surface area contributed by atoms with E-state index in [1.54, 1.807) is 0 Å². The molecule has 0 bridgehead atoms. The second kappa shape index (κ2) is 5.86. The first kappa shape index (κ1) is 13.0. The van der Waals surface area contributed by atoms with Gasteiger partial charge in [-0.3, -0.25) is 0 Å². The van der Waals surface area contributed by atoms with E-state index in [-0.39, 0.29) is 5.41 Å². The van der Waals surface area contributed by atoms with Gasteiger partial charge in [-0.2, -0.15) is 0 Å². The van der Waals surface area contributed by atoms with Gasteiger partial charge < -0.3 is 10.0 Å². The molecule has 90 valence electrons. The molecular formula is C13H27NO. The van der Waals surface area contributed by atoms with E-state index in [2.05, 4.69) is 25.7 Å². The smallest absolute Gasteiger partial charge is 0.0494 e. The summed E-state index contributed by atoms with van der Waals surface area (Å²) in [4.78, 5) is 2.52. The predicted molar refractivity (Wildman–Crippen MR) is 64.9 cm³/mol. The Labute approximate surface area is 94.7 Å². The molecule has 0 saturated carbocycles. The van der Waals surface area contributed by atoms with Crippen molar-refractivity contribution in [2.75, 3.05) is 26.2 Å². The Balaban J connectivity index is 2.25. The minimum absolute atomic E-state index is 0.0671. The highest BCUT2D eigenvalue weighted by atomic mass is 16.3. The third-order valence-electron chi connectivity index (χ3n) is 3.48. The van der Waals surface area contributed by atoms with Crippen molar-refractivity contribution in [1.82, 2.24) is 4.90 Å². The van der Waals surface area contributed by atoms with Crippen LogP contribution in [0.4, 0.5) is 0 Å². The molecule has 0 atom stereocenters. The highest BCUT2D eigenvalue weighted by Crippen LogP contribution is 2.24. The van der Waals surface area contributed by atoms with E-state index < -0.39 is 0 Å². The number of nitrogens with zero attached hydrogens (tertiary/aromatic N) is 1. The molecule has 1 N–H and O–H groups in total. The number of piperidine rings is 1. The zero-order valence-electron chi connectivity index (χ0n) is 10.6. The zero-order chi connectivity index (χ0) is 11.3. The van der Waals surface area contributed by atoms with E-state index >= 15 is 0 Å². The minimum Gasteiger partial charge on any atom is -0.396 e. The first-order chi connectivity index (χ1) is 7.07. The third-order valence-corrected chi connectivity index (χ3v) is 3.48. The molecule has 15 heavy (non-hydrogen) atoms. The van der Waals surface area contributed by atoms with Crippen molar-refractivity contribution in [3.8, 4) is 0 Å². The molecule has 0 aromatic carbocycles. The Kier molecular flexibility index (Phi) is 5.07. The largest absolute Gasteiger partial charge is 0.396 e. The van der Waals surface area contributed by atoms with E-state index in [0.29, 0.717) is 6.61 Å². The van der Waals surface area contributed by atoms with Gasteiger partial charge in [0, 0.05) is 18.6 Å². The fourth-order valence-corrected chi connectivity index (χ4v) is 2.50. The quantitative estimate of drug-likeness (QED) is 0.758. The van der Waals surface area contributed by atoms with Crippen LogP contribution in [0.2, 0.25) is 0 Å². The Bertz CT molecular complexity index is 171. The van der Waals surface area contributed by atoms with Gasteiger partial charge in [-0.15, -0.1) is 0 Å². The fraction of sp³-hybridized carbons (Fsp3) is 1.00. The third kappa shape index (κ3) is 4.52. The van der Waals surface area contributed by atoms with Gasteiger partial charge in [-0.05, 0) is 31.8 Å². The lowest BCUT2D eigenvalue weighted by Gasteiger charge is -2.36. The maximum atomic E-state index is 9.23. The van der Waals surface area contributed by atoms with E-state index in [9.17, 15) is 5.11 Å². The van der Waals surface area contributed by atoms with Gasteiger partial charge >= 0.3 is 0 Å². The van der Waals surface area contributed by atoms with Gasteiger partial charge in [-0.1, -0.05) is 33.6 Å². The molecule has 2 nitrogen and oxygen atoms in total. The van der Waals surface area contributed by atoms with Gasteiger partial charge in [0.1, 0.15) is 0 Å². The zero-order valence-corrected chi connectivity index (χ0v) is 10.6. The summed E-state index contributed by atoms with van der Waals surface area (Å²) in [5.41, 5.74) is 0.0671. The van der Waals surface area contributed by atoms with E-state index in [0.717, 1.165) is 12.5 Å². The summed E-state index contributed by atoms with van der Waals surface area (Å²) in [7, 11) is 0. The Morgan fingerprint density at radius 3 is 2.33 bits per heavy atom. The first-order valence-corrected chi connectivity index (χ1v) is 6.40. The van der Waals surface area contributed by atoms with Crippen LogP contribution in [-0.2, 0) is 0 Å². The highest BCUT2D eigenvalue weighted by molar-refractivity contribution is 4.77. The molecule has 0 radical (unpaired) electrons. The van der Waals surface area contributed by atoms with Crippen LogP contribution in [0, 0.1) is 11.3 Å². The van der Waals surface area contributed by atoms with Crippen molar-refractivity contribution in [2.24, 2.45) is 11.3 Å². The molecule has 0 spiro atoms. The Hall–Kier alpha value is -0.0800. The molecule has 0 amide bonds. The van der Waals surface area contributed by atoms with Crippen molar-refractivity contribution in [3.63, 3.8) is 0 Å². The van der Waals surface area contributed by atoms with Crippen molar-refractivity contribution in [3.05, 3.63) is 0 Å². The normalized spacial score (nSPS) is 20.8. The molecule has 0 unspecified atom stereocenters. The summed E-state index contributed by atoms with van der Waals surface area (Å²) in [6.45, 7) is 10.4. The SMILES string of the molecule is CCCC1CCN(CC(C)(C)CO)CC1. The summed E-state index contributed by atoms with van der Waals surface area (Å²) < 4.78 is 0. The molecule has 1 aliphatic heterocycles. The average Bonchev–Trinajstić information content (AvgIpc) is 2.21. The minimum atomic E-state index is 0.0671. The van der Waals surface area contributed by atoms with Crippen LogP contribution in [0.5, 0.6) is 0 Å². The van der Waals surface area contributed by atoms with Gasteiger partial charge in [0.25, 0.3) is 0 Å². The van der Waals surface area contributed by atoms with E-state index in [1.165, 1.54) is 38.8 Å².